The molecule has 3 rings (SSSR count). The predicted octanol–water partition coefficient (Wildman–Crippen LogP) is 2.86. The van der Waals surface area contributed by atoms with E-state index in [1.807, 2.05) is 19.1 Å². The molecule has 20 heavy (non-hydrogen) atoms. The summed E-state index contributed by atoms with van der Waals surface area (Å²) in [6.07, 6.45) is 2.07. The third kappa shape index (κ3) is 2.41. The Morgan fingerprint density at radius 1 is 1.45 bits per heavy atom. The van der Waals surface area contributed by atoms with E-state index in [4.69, 9.17) is 27.9 Å². The van der Waals surface area contributed by atoms with Crippen LogP contribution in [0.3, 0.4) is 0 Å². The minimum Gasteiger partial charge on any atom is -0.488 e. The standard InChI is InChI=1S/C14H12Cl2N2O2/c1-8-2-3-11-9(4-8)5-10(20-11)6-18-7-17-13(16)12(15)14(18)19/h2-4,7,10H,5-6H2,1H3. The highest BCUT2D eigenvalue weighted by molar-refractivity contribution is 6.40. The summed E-state index contributed by atoms with van der Waals surface area (Å²) in [6, 6.07) is 6.07. The molecule has 0 spiro atoms. The summed E-state index contributed by atoms with van der Waals surface area (Å²) in [7, 11) is 0. The molecule has 1 unspecified atom stereocenters. The van der Waals surface area contributed by atoms with E-state index in [2.05, 4.69) is 11.1 Å². The van der Waals surface area contributed by atoms with E-state index < -0.39 is 0 Å². The molecular weight excluding hydrogens is 299 g/mol. The molecule has 0 radical (unpaired) electrons. The first kappa shape index (κ1) is 13.5. The van der Waals surface area contributed by atoms with E-state index in [-0.39, 0.29) is 21.8 Å². The number of ether oxygens (including phenoxy) is 1. The van der Waals surface area contributed by atoms with Crippen molar-refractivity contribution in [3.63, 3.8) is 0 Å². The molecule has 1 aromatic carbocycles. The van der Waals surface area contributed by atoms with Gasteiger partial charge in [-0.2, -0.15) is 0 Å². The fraction of sp³-hybridized carbons (Fsp3) is 0.286. The molecule has 1 aliphatic rings. The number of rotatable bonds is 2. The van der Waals surface area contributed by atoms with E-state index in [1.165, 1.54) is 16.5 Å². The van der Waals surface area contributed by atoms with Crippen molar-refractivity contribution in [3.05, 3.63) is 56.2 Å². The van der Waals surface area contributed by atoms with Gasteiger partial charge in [-0.15, -0.1) is 0 Å². The Bertz CT molecular complexity index is 728. The van der Waals surface area contributed by atoms with Gasteiger partial charge >= 0.3 is 0 Å². The largest absolute Gasteiger partial charge is 0.488 e. The number of hydrogen-bond donors (Lipinski definition) is 0. The van der Waals surface area contributed by atoms with Crippen LogP contribution in [-0.4, -0.2) is 15.7 Å². The number of hydrogen-bond acceptors (Lipinski definition) is 3. The van der Waals surface area contributed by atoms with Crippen LogP contribution in [0.4, 0.5) is 0 Å². The summed E-state index contributed by atoms with van der Waals surface area (Å²) in [5.41, 5.74) is 2.01. The second-order valence-corrected chi connectivity index (χ2v) is 5.60. The lowest BCUT2D eigenvalue weighted by molar-refractivity contribution is 0.207. The smallest absolute Gasteiger partial charge is 0.273 e. The third-order valence-corrected chi connectivity index (χ3v) is 4.02. The van der Waals surface area contributed by atoms with E-state index in [0.717, 1.165) is 17.7 Å². The summed E-state index contributed by atoms with van der Waals surface area (Å²) in [4.78, 5) is 15.8. The maximum atomic E-state index is 12.0. The average Bonchev–Trinajstić information content (AvgIpc) is 2.81. The first-order valence-electron chi connectivity index (χ1n) is 6.21. The Balaban J connectivity index is 1.82. The lowest BCUT2D eigenvalue weighted by Gasteiger charge is -2.12. The number of fused-ring (bicyclic) bond motifs is 1. The van der Waals surface area contributed by atoms with Gasteiger partial charge in [-0.1, -0.05) is 40.9 Å². The maximum Gasteiger partial charge on any atom is 0.273 e. The van der Waals surface area contributed by atoms with Crippen molar-refractivity contribution >= 4 is 23.2 Å². The van der Waals surface area contributed by atoms with Crippen LogP contribution in [-0.2, 0) is 13.0 Å². The molecule has 0 saturated heterocycles. The molecular formula is C14H12Cl2N2O2. The molecule has 0 N–H and O–H groups in total. The van der Waals surface area contributed by atoms with E-state index in [1.54, 1.807) is 0 Å². The number of benzene rings is 1. The Morgan fingerprint density at radius 3 is 3.05 bits per heavy atom. The number of aromatic nitrogens is 2. The number of aryl methyl sites for hydroxylation is 1. The molecule has 6 heteroatoms. The van der Waals surface area contributed by atoms with Gasteiger partial charge < -0.3 is 4.74 Å². The minimum atomic E-state index is -0.345. The topological polar surface area (TPSA) is 44.1 Å². The molecule has 104 valence electrons. The zero-order valence-corrected chi connectivity index (χ0v) is 12.3. The van der Waals surface area contributed by atoms with Gasteiger partial charge in [0.05, 0.1) is 12.9 Å². The van der Waals surface area contributed by atoms with Crippen molar-refractivity contribution in [1.29, 1.82) is 0 Å². The van der Waals surface area contributed by atoms with Gasteiger partial charge in [-0.3, -0.25) is 9.36 Å². The molecule has 0 aliphatic carbocycles. The van der Waals surface area contributed by atoms with E-state index in [9.17, 15) is 4.79 Å². The predicted molar refractivity (Wildman–Crippen MR) is 77.8 cm³/mol. The molecule has 1 aromatic heterocycles. The van der Waals surface area contributed by atoms with Crippen LogP contribution in [0.25, 0.3) is 0 Å². The van der Waals surface area contributed by atoms with Crippen LogP contribution in [0, 0.1) is 6.92 Å². The molecule has 2 heterocycles. The minimum absolute atomic E-state index is 0.0270. The zero-order valence-electron chi connectivity index (χ0n) is 10.8. The molecule has 0 amide bonds. The number of nitrogens with zero attached hydrogens (tertiary/aromatic N) is 2. The fourth-order valence-corrected chi connectivity index (χ4v) is 2.63. The summed E-state index contributed by atoms with van der Waals surface area (Å²) < 4.78 is 7.26. The third-order valence-electron chi connectivity index (χ3n) is 3.30. The summed E-state index contributed by atoms with van der Waals surface area (Å²) in [6.45, 7) is 2.44. The lowest BCUT2D eigenvalue weighted by Crippen LogP contribution is -2.29. The highest BCUT2D eigenvalue weighted by Crippen LogP contribution is 2.30. The monoisotopic (exact) mass is 310 g/mol. The van der Waals surface area contributed by atoms with Gasteiger partial charge in [-0.25, -0.2) is 4.98 Å². The fourth-order valence-electron chi connectivity index (χ4n) is 2.34. The van der Waals surface area contributed by atoms with E-state index >= 15 is 0 Å². The van der Waals surface area contributed by atoms with Crippen molar-refractivity contribution in [1.82, 2.24) is 9.55 Å². The van der Waals surface area contributed by atoms with Crippen LogP contribution in [0.15, 0.2) is 29.3 Å². The highest BCUT2D eigenvalue weighted by Gasteiger charge is 2.24. The molecule has 4 nitrogen and oxygen atoms in total. The van der Waals surface area contributed by atoms with Crippen LogP contribution in [0.2, 0.25) is 10.2 Å². The zero-order chi connectivity index (χ0) is 14.3. The molecule has 0 saturated carbocycles. The Hall–Kier alpha value is -1.52. The lowest BCUT2D eigenvalue weighted by atomic mass is 10.1. The Labute approximate surface area is 125 Å². The second kappa shape index (κ2) is 5.11. The Morgan fingerprint density at radius 2 is 2.25 bits per heavy atom. The van der Waals surface area contributed by atoms with Gasteiger partial charge in [0, 0.05) is 6.42 Å². The van der Waals surface area contributed by atoms with E-state index in [0.29, 0.717) is 6.54 Å². The van der Waals surface area contributed by atoms with Gasteiger partial charge in [-0.05, 0) is 18.6 Å². The quantitative estimate of drug-likeness (QED) is 0.801. The molecule has 2 aromatic rings. The highest BCUT2D eigenvalue weighted by atomic mass is 35.5. The molecule has 1 aliphatic heterocycles. The average molecular weight is 311 g/mol. The van der Waals surface area contributed by atoms with Crippen molar-refractivity contribution in [2.45, 2.75) is 26.0 Å². The summed E-state index contributed by atoms with van der Waals surface area (Å²) in [5.74, 6) is 0.877. The van der Waals surface area contributed by atoms with Crippen molar-refractivity contribution in [2.24, 2.45) is 0 Å². The normalized spacial score (nSPS) is 16.9. The van der Waals surface area contributed by atoms with Gasteiger partial charge in [0.25, 0.3) is 5.56 Å². The van der Waals surface area contributed by atoms with Crippen LogP contribution in [0.1, 0.15) is 11.1 Å². The van der Waals surface area contributed by atoms with Crippen molar-refractivity contribution in [2.75, 3.05) is 0 Å². The van der Waals surface area contributed by atoms with Gasteiger partial charge in [0.15, 0.2) is 5.15 Å². The summed E-state index contributed by atoms with van der Waals surface area (Å²) in [5, 5.41) is -0.0281. The van der Waals surface area contributed by atoms with Gasteiger partial charge in [0.2, 0.25) is 0 Å². The molecule has 1 atom stereocenters. The van der Waals surface area contributed by atoms with Crippen LogP contribution < -0.4 is 10.3 Å². The van der Waals surface area contributed by atoms with Gasteiger partial charge in [0.1, 0.15) is 16.9 Å². The Kier molecular flexibility index (Phi) is 3.44. The molecule has 0 bridgehead atoms. The van der Waals surface area contributed by atoms with Crippen molar-refractivity contribution in [3.8, 4) is 5.75 Å². The first-order valence-corrected chi connectivity index (χ1v) is 6.97. The first-order chi connectivity index (χ1) is 9.54. The van der Waals surface area contributed by atoms with Crippen molar-refractivity contribution < 1.29 is 4.74 Å². The molecule has 0 fully saturated rings. The van der Waals surface area contributed by atoms with Crippen LogP contribution >= 0.6 is 23.2 Å². The number of halogens is 2. The van der Waals surface area contributed by atoms with Crippen LogP contribution in [0.5, 0.6) is 5.75 Å². The summed E-state index contributed by atoms with van der Waals surface area (Å²) >= 11 is 11.5. The second-order valence-electron chi connectivity index (χ2n) is 4.86. The maximum absolute atomic E-state index is 12.0. The SMILES string of the molecule is Cc1ccc2c(c1)CC(Cn1cnc(Cl)c(Cl)c1=O)O2.